The number of piperidine rings is 1. The molecule has 0 bridgehead atoms. The average Bonchev–Trinajstić information content (AvgIpc) is 2.47. The van der Waals surface area contributed by atoms with Gasteiger partial charge in [0.2, 0.25) is 0 Å². The summed E-state index contributed by atoms with van der Waals surface area (Å²) in [5, 5.41) is 0. The van der Waals surface area contributed by atoms with Gasteiger partial charge in [0.25, 0.3) is 0 Å². The number of carbonyl (C=O) groups excluding carboxylic acids is 1. The van der Waals surface area contributed by atoms with Crippen LogP contribution in [0, 0.1) is 11.8 Å². The minimum Gasteiger partial charge on any atom is -0.444 e. The maximum absolute atomic E-state index is 12.2. The zero-order valence-electron chi connectivity index (χ0n) is 14.3. The molecule has 1 fully saturated rings. The van der Waals surface area contributed by atoms with Gasteiger partial charge in [-0.15, -0.1) is 0 Å². The molecule has 1 amide bonds. The Morgan fingerprint density at radius 1 is 1.23 bits per heavy atom. The average molecular weight is 303 g/mol. The first-order valence-corrected chi connectivity index (χ1v) is 8.41. The molecule has 0 spiro atoms. The highest BCUT2D eigenvalue weighted by atomic mass is 16.6. The van der Waals surface area contributed by atoms with Gasteiger partial charge in [0, 0.05) is 13.1 Å². The Bertz CT molecular complexity index is 478. The standard InChI is InChI=1S/C19H29NO2/c1-5-16-14-20(18(21)22-19(2,3)4)12-11-17(16)13-15-9-7-6-8-10-15/h6-10,16-17H,5,11-14H2,1-4H3/t16-,17+/m1/s1. The number of hydrogen-bond donors (Lipinski definition) is 0. The Morgan fingerprint density at radius 2 is 1.91 bits per heavy atom. The van der Waals surface area contributed by atoms with Crippen LogP contribution in [0.1, 0.15) is 46.1 Å². The van der Waals surface area contributed by atoms with Gasteiger partial charge in [-0.1, -0.05) is 43.7 Å². The van der Waals surface area contributed by atoms with Crippen LogP contribution in [0.5, 0.6) is 0 Å². The lowest BCUT2D eigenvalue weighted by Crippen LogP contribution is -2.46. The zero-order valence-corrected chi connectivity index (χ0v) is 14.3. The molecule has 0 aromatic heterocycles. The predicted molar refractivity (Wildman–Crippen MR) is 89.8 cm³/mol. The van der Waals surface area contributed by atoms with Crippen molar-refractivity contribution in [2.45, 2.75) is 52.6 Å². The highest BCUT2D eigenvalue weighted by Gasteiger charge is 2.32. The maximum atomic E-state index is 12.2. The van der Waals surface area contributed by atoms with E-state index in [0.29, 0.717) is 11.8 Å². The van der Waals surface area contributed by atoms with Gasteiger partial charge in [-0.2, -0.15) is 0 Å². The van der Waals surface area contributed by atoms with E-state index >= 15 is 0 Å². The zero-order chi connectivity index (χ0) is 16.2. The quantitative estimate of drug-likeness (QED) is 0.822. The summed E-state index contributed by atoms with van der Waals surface area (Å²) >= 11 is 0. The number of hydrogen-bond acceptors (Lipinski definition) is 2. The second kappa shape index (κ2) is 7.17. The highest BCUT2D eigenvalue weighted by molar-refractivity contribution is 5.68. The van der Waals surface area contributed by atoms with Crippen molar-refractivity contribution >= 4 is 6.09 Å². The molecule has 22 heavy (non-hydrogen) atoms. The molecule has 2 atom stereocenters. The molecule has 0 radical (unpaired) electrons. The lowest BCUT2D eigenvalue weighted by atomic mass is 9.80. The molecule has 1 saturated heterocycles. The van der Waals surface area contributed by atoms with Crippen molar-refractivity contribution in [2.75, 3.05) is 13.1 Å². The van der Waals surface area contributed by atoms with Crippen molar-refractivity contribution < 1.29 is 9.53 Å². The fourth-order valence-corrected chi connectivity index (χ4v) is 3.22. The topological polar surface area (TPSA) is 29.5 Å². The van der Waals surface area contributed by atoms with Crippen molar-refractivity contribution in [1.29, 1.82) is 0 Å². The Hall–Kier alpha value is -1.51. The Balaban J connectivity index is 1.95. The van der Waals surface area contributed by atoms with Crippen LogP contribution in [0.3, 0.4) is 0 Å². The van der Waals surface area contributed by atoms with Gasteiger partial charge in [0.1, 0.15) is 5.60 Å². The predicted octanol–water partition coefficient (Wildman–Crippen LogP) is 4.51. The first kappa shape index (κ1) is 16.9. The second-order valence-corrected chi connectivity index (χ2v) is 7.33. The number of likely N-dealkylation sites (tertiary alicyclic amines) is 1. The van der Waals surface area contributed by atoms with Gasteiger partial charge >= 0.3 is 6.09 Å². The number of ether oxygens (including phenoxy) is 1. The van der Waals surface area contributed by atoms with Crippen molar-refractivity contribution in [1.82, 2.24) is 4.90 Å². The Kier molecular flexibility index (Phi) is 5.49. The van der Waals surface area contributed by atoms with Gasteiger partial charge in [0.15, 0.2) is 0 Å². The fourth-order valence-electron chi connectivity index (χ4n) is 3.22. The normalized spacial score (nSPS) is 22.5. The van der Waals surface area contributed by atoms with Crippen LogP contribution in [-0.4, -0.2) is 29.7 Å². The van der Waals surface area contributed by atoms with Gasteiger partial charge in [-0.05, 0) is 51.0 Å². The number of amides is 1. The van der Waals surface area contributed by atoms with E-state index in [-0.39, 0.29) is 6.09 Å². The maximum Gasteiger partial charge on any atom is 0.410 e. The van der Waals surface area contributed by atoms with E-state index in [1.807, 2.05) is 25.7 Å². The van der Waals surface area contributed by atoms with E-state index in [0.717, 1.165) is 32.4 Å². The minimum absolute atomic E-state index is 0.163. The van der Waals surface area contributed by atoms with E-state index < -0.39 is 5.60 Å². The largest absolute Gasteiger partial charge is 0.444 e. The van der Waals surface area contributed by atoms with E-state index in [1.165, 1.54) is 5.56 Å². The van der Waals surface area contributed by atoms with Crippen LogP contribution in [0.15, 0.2) is 30.3 Å². The molecular weight excluding hydrogens is 274 g/mol. The van der Waals surface area contributed by atoms with Crippen LogP contribution in [0.25, 0.3) is 0 Å². The third-order valence-corrected chi connectivity index (χ3v) is 4.41. The summed E-state index contributed by atoms with van der Waals surface area (Å²) in [7, 11) is 0. The van der Waals surface area contributed by atoms with Gasteiger partial charge < -0.3 is 9.64 Å². The minimum atomic E-state index is -0.417. The summed E-state index contributed by atoms with van der Waals surface area (Å²) < 4.78 is 5.51. The molecule has 1 aliphatic heterocycles. The van der Waals surface area contributed by atoms with Crippen LogP contribution in [-0.2, 0) is 11.2 Å². The smallest absolute Gasteiger partial charge is 0.410 e. The van der Waals surface area contributed by atoms with E-state index in [4.69, 9.17) is 4.74 Å². The molecule has 1 aromatic rings. The van der Waals surface area contributed by atoms with Crippen LogP contribution < -0.4 is 0 Å². The monoisotopic (exact) mass is 303 g/mol. The molecule has 1 heterocycles. The van der Waals surface area contributed by atoms with Crippen molar-refractivity contribution in [2.24, 2.45) is 11.8 Å². The number of benzene rings is 1. The fraction of sp³-hybridized carbons (Fsp3) is 0.632. The molecule has 0 saturated carbocycles. The van der Waals surface area contributed by atoms with Crippen LogP contribution in [0.2, 0.25) is 0 Å². The van der Waals surface area contributed by atoms with E-state index in [1.54, 1.807) is 0 Å². The molecule has 122 valence electrons. The first-order valence-electron chi connectivity index (χ1n) is 8.41. The van der Waals surface area contributed by atoms with Crippen LogP contribution in [0.4, 0.5) is 4.79 Å². The summed E-state index contributed by atoms with van der Waals surface area (Å²) in [5.41, 5.74) is 0.983. The molecule has 1 aliphatic rings. The van der Waals surface area contributed by atoms with Crippen molar-refractivity contribution in [3.05, 3.63) is 35.9 Å². The Labute approximate surface area is 134 Å². The second-order valence-electron chi connectivity index (χ2n) is 7.33. The van der Waals surface area contributed by atoms with Crippen molar-refractivity contribution in [3.8, 4) is 0 Å². The van der Waals surface area contributed by atoms with Gasteiger partial charge in [-0.3, -0.25) is 0 Å². The van der Waals surface area contributed by atoms with Gasteiger partial charge in [-0.25, -0.2) is 4.79 Å². The molecule has 0 N–H and O–H groups in total. The summed E-state index contributed by atoms with van der Waals surface area (Å²) in [6.07, 6.45) is 3.12. The molecular formula is C19H29NO2. The lowest BCUT2D eigenvalue weighted by Gasteiger charge is -2.39. The summed E-state index contributed by atoms with van der Waals surface area (Å²) in [6, 6.07) is 10.7. The molecule has 2 rings (SSSR count). The molecule has 3 nitrogen and oxygen atoms in total. The van der Waals surface area contributed by atoms with Crippen molar-refractivity contribution in [3.63, 3.8) is 0 Å². The molecule has 3 heteroatoms. The molecule has 0 aliphatic carbocycles. The summed E-state index contributed by atoms with van der Waals surface area (Å²) in [6.45, 7) is 9.62. The number of carbonyl (C=O) groups is 1. The van der Waals surface area contributed by atoms with Gasteiger partial charge in [0.05, 0.1) is 0 Å². The Morgan fingerprint density at radius 3 is 2.50 bits per heavy atom. The molecule has 0 unspecified atom stereocenters. The third-order valence-electron chi connectivity index (χ3n) is 4.41. The number of rotatable bonds is 3. The number of nitrogens with zero attached hydrogens (tertiary/aromatic N) is 1. The van der Waals surface area contributed by atoms with E-state index in [9.17, 15) is 4.79 Å². The van der Waals surface area contributed by atoms with Crippen LogP contribution >= 0.6 is 0 Å². The first-order chi connectivity index (χ1) is 10.4. The lowest BCUT2D eigenvalue weighted by molar-refractivity contribution is 0.00987. The third kappa shape index (κ3) is 4.75. The SMILES string of the molecule is CC[C@@H]1CN(C(=O)OC(C)(C)C)CC[C@H]1Cc1ccccc1. The molecule has 1 aromatic carbocycles. The summed E-state index contributed by atoms with van der Waals surface area (Å²) in [4.78, 5) is 14.1. The highest BCUT2D eigenvalue weighted by Crippen LogP contribution is 2.30. The summed E-state index contributed by atoms with van der Waals surface area (Å²) in [5.74, 6) is 1.22. The van der Waals surface area contributed by atoms with E-state index in [2.05, 4.69) is 37.3 Å².